The summed E-state index contributed by atoms with van der Waals surface area (Å²) in [4.78, 5) is 50.7. The van der Waals surface area contributed by atoms with Crippen molar-refractivity contribution in [3.63, 3.8) is 0 Å². The second kappa shape index (κ2) is 16.0. The Labute approximate surface area is 312 Å². The molecule has 0 aliphatic carbocycles. The minimum atomic E-state index is -0.479. The fourth-order valence-corrected chi connectivity index (χ4v) is 7.23. The van der Waals surface area contributed by atoms with Crippen molar-refractivity contribution in [3.05, 3.63) is 80.0 Å². The van der Waals surface area contributed by atoms with Gasteiger partial charge in [0.2, 0.25) is 5.91 Å². The number of morpholine rings is 1. The largest absolute Gasteiger partial charge is 0.489 e. The standard InChI is InChI=1S/C39H47BrN6O6/c1-24-16-37(48)52-33-19-32-27(17-29(24)33)10-11-39(4,5)46(32)12-8-6-7-9-36(47)45-13-14-50-28(22-45)23-51-34-15-25(2)30(40)18-31(34)43-38(49)44-35-21-41-26(3)20-42-35/h15-21,28H,6-14,22-23H2,1-5H3,(H2,42,43,44,49)/t28-/m0/s1. The Morgan fingerprint density at radius 3 is 2.63 bits per heavy atom. The van der Waals surface area contributed by atoms with Gasteiger partial charge in [-0.3, -0.25) is 15.1 Å². The number of carbonyl (C=O) groups is 2. The highest BCUT2D eigenvalue weighted by atomic mass is 79.9. The number of carbonyl (C=O) groups excluding carboxylic acids is 2. The van der Waals surface area contributed by atoms with Crippen molar-refractivity contribution in [1.82, 2.24) is 14.9 Å². The molecule has 2 aromatic heterocycles. The molecule has 2 aromatic carbocycles. The van der Waals surface area contributed by atoms with E-state index in [0.29, 0.717) is 49.0 Å². The van der Waals surface area contributed by atoms with E-state index >= 15 is 0 Å². The van der Waals surface area contributed by atoms with Gasteiger partial charge in [0, 0.05) is 52.7 Å². The number of amides is 3. The molecule has 0 spiro atoms. The number of hydrogen-bond donors (Lipinski definition) is 2. The maximum atomic E-state index is 13.3. The van der Waals surface area contributed by atoms with Crippen LogP contribution in [0.5, 0.6) is 5.75 Å². The van der Waals surface area contributed by atoms with Crippen molar-refractivity contribution in [3.8, 4) is 5.75 Å². The molecular formula is C39H47BrN6O6. The highest BCUT2D eigenvalue weighted by molar-refractivity contribution is 9.10. The lowest BCUT2D eigenvalue weighted by molar-refractivity contribution is -0.140. The number of benzene rings is 2. The lowest BCUT2D eigenvalue weighted by Gasteiger charge is -2.45. The Morgan fingerprint density at radius 2 is 1.85 bits per heavy atom. The molecule has 0 radical (unpaired) electrons. The van der Waals surface area contributed by atoms with Gasteiger partial charge in [0.1, 0.15) is 24.0 Å². The van der Waals surface area contributed by atoms with Gasteiger partial charge in [0.25, 0.3) is 0 Å². The van der Waals surface area contributed by atoms with Crippen LogP contribution in [0.15, 0.2) is 56.4 Å². The van der Waals surface area contributed by atoms with Gasteiger partial charge in [-0.1, -0.05) is 22.4 Å². The molecule has 4 heterocycles. The van der Waals surface area contributed by atoms with Crippen molar-refractivity contribution in [1.29, 1.82) is 0 Å². The number of rotatable bonds is 11. The molecule has 2 aliphatic heterocycles. The topological polar surface area (TPSA) is 139 Å². The molecule has 3 amide bonds. The van der Waals surface area contributed by atoms with Crippen LogP contribution >= 0.6 is 15.9 Å². The van der Waals surface area contributed by atoms with Crippen LogP contribution in [0.25, 0.3) is 11.0 Å². The summed E-state index contributed by atoms with van der Waals surface area (Å²) in [7, 11) is 0. The average Bonchev–Trinajstić information content (AvgIpc) is 3.10. The predicted octanol–water partition coefficient (Wildman–Crippen LogP) is 7.31. The number of hydrogen-bond acceptors (Lipinski definition) is 9. The maximum Gasteiger partial charge on any atom is 0.336 e. The lowest BCUT2D eigenvalue weighted by atomic mass is 9.85. The van der Waals surface area contributed by atoms with Crippen molar-refractivity contribution in [2.75, 3.05) is 48.4 Å². The van der Waals surface area contributed by atoms with Crippen LogP contribution in [0.1, 0.15) is 68.3 Å². The first-order valence-electron chi connectivity index (χ1n) is 17.9. The minimum Gasteiger partial charge on any atom is -0.489 e. The second-order valence-corrected chi connectivity index (χ2v) is 15.2. The number of ether oxygens (including phenoxy) is 2. The second-order valence-electron chi connectivity index (χ2n) is 14.4. The monoisotopic (exact) mass is 774 g/mol. The van der Waals surface area contributed by atoms with E-state index in [4.69, 9.17) is 13.9 Å². The third-order valence-corrected chi connectivity index (χ3v) is 10.8. The summed E-state index contributed by atoms with van der Waals surface area (Å²) >= 11 is 3.54. The normalized spacial score (nSPS) is 16.8. The molecule has 1 fully saturated rings. The van der Waals surface area contributed by atoms with E-state index in [9.17, 15) is 14.4 Å². The number of anilines is 3. The van der Waals surface area contributed by atoms with Gasteiger partial charge >= 0.3 is 11.7 Å². The Morgan fingerprint density at radius 1 is 1.02 bits per heavy atom. The molecule has 2 aliphatic rings. The van der Waals surface area contributed by atoms with Crippen molar-refractivity contribution in [2.45, 2.75) is 84.8 Å². The summed E-state index contributed by atoms with van der Waals surface area (Å²) in [6.07, 6.45) is 7.93. The predicted molar refractivity (Wildman–Crippen MR) is 206 cm³/mol. The van der Waals surface area contributed by atoms with E-state index in [-0.39, 0.29) is 29.8 Å². The van der Waals surface area contributed by atoms with Crippen molar-refractivity contribution < 1.29 is 23.5 Å². The molecule has 1 atom stereocenters. The average molecular weight is 776 g/mol. The summed E-state index contributed by atoms with van der Waals surface area (Å²) in [5, 5.41) is 6.51. The molecule has 0 unspecified atom stereocenters. The first-order valence-corrected chi connectivity index (χ1v) is 18.7. The zero-order chi connectivity index (χ0) is 37.0. The van der Waals surface area contributed by atoms with Crippen LogP contribution in [0, 0.1) is 20.8 Å². The number of halogens is 1. The van der Waals surface area contributed by atoms with Crippen molar-refractivity contribution in [2.24, 2.45) is 0 Å². The van der Waals surface area contributed by atoms with E-state index in [0.717, 1.165) is 71.0 Å². The number of urea groups is 1. The Kier molecular flexibility index (Phi) is 11.5. The Hall–Kier alpha value is -4.49. The van der Waals surface area contributed by atoms with Crippen molar-refractivity contribution >= 4 is 56.0 Å². The van der Waals surface area contributed by atoms with Crippen LogP contribution in [-0.2, 0) is 16.0 Å². The first kappa shape index (κ1) is 37.3. The molecule has 276 valence electrons. The SMILES string of the molecule is Cc1cnc(NC(=O)Nc2cc(Br)c(C)cc2OC[C@@H]2CN(C(=O)CCCCCN3c4cc5oc(=O)cc(C)c5cc4CCC3(C)C)CCO2)cn1. The third-order valence-electron chi connectivity index (χ3n) is 9.90. The fourth-order valence-electron chi connectivity index (χ4n) is 6.88. The van der Waals surface area contributed by atoms with Crippen LogP contribution in [-0.4, -0.2) is 71.3 Å². The van der Waals surface area contributed by atoms with Gasteiger partial charge in [-0.15, -0.1) is 0 Å². The smallest absolute Gasteiger partial charge is 0.336 e. The molecular weight excluding hydrogens is 728 g/mol. The van der Waals surface area contributed by atoms with E-state index in [1.54, 1.807) is 18.3 Å². The molecule has 2 N–H and O–H groups in total. The van der Waals surface area contributed by atoms with Crippen LogP contribution in [0.2, 0.25) is 0 Å². The number of fused-ring (bicyclic) bond motifs is 2. The highest BCUT2D eigenvalue weighted by Crippen LogP contribution is 2.39. The molecule has 1 saturated heterocycles. The fraction of sp³-hybridized carbons (Fsp3) is 0.462. The summed E-state index contributed by atoms with van der Waals surface area (Å²) in [5.41, 5.74) is 5.80. The number of nitrogens with zero attached hydrogens (tertiary/aromatic N) is 4. The van der Waals surface area contributed by atoms with Crippen LogP contribution in [0.3, 0.4) is 0 Å². The molecule has 13 heteroatoms. The molecule has 0 saturated carbocycles. The number of unbranched alkanes of at least 4 members (excludes halogenated alkanes) is 2. The summed E-state index contributed by atoms with van der Waals surface area (Å²) < 4.78 is 18.5. The molecule has 12 nitrogen and oxygen atoms in total. The van der Waals surface area contributed by atoms with Gasteiger partial charge in [-0.05, 0) is 95.2 Å². The number of aromatic nitrogens is 2. The van der Waals surface area contributed by atoms with E-state index in [1.165, 1.54) is 11.8 Å². The van der Waals surface area contributed by atoms with E-state index < -0.39 is 6.03 Å². The first-order chi connectivity index (χ1) is 24.9. The van der Waals surface area contributed by atoms with Gasteiger partial charge in [-0.25, -0.2) is 14.6 Å². The van der Waals surface area contributed by atoms with Gasteiger partial charge in [0.15, 0.2) is 5.82 Å². The summed E-state index contributed by atoms with van der Waals surface area (Å²) in [6.45, 7) is 12.7. The highest BCUT2D eigenvalue weighted by Gasteiger charge is 2.33. The van der Waals surface area contributed by atoms with E-state index in [1.807, 2.05) is 37.8 Å². The van der Waals surface area contributed by atoms with Crippen LogP contribution in [0.4, 0.5) is 22.0 Å². The Bertz CT molecular complexity index is 2000. The zero-order valence-electron chi connectivity index (χ0n) is 30.5. The number of aryl methyl sites for hydroxylation is 4. The minimum absolute atomic E-state index is 0.0275. The van der Waals surface area contributed by atoms with E-state index in [2.05, 4.69) is 61.3 Å². The quantitative estimate of drug-likeness (QED) is 0.119. The van der Waals surface area contributed by atoms with Crippen LogP contribution < -0.4 is 25.9 Å². The molecule has 6 rings (SSSR count). The van der Waals surface area contributed by atoms with Gasteiger partial charge in [-0.2, -0.15) is 0 Å². The third kappa shape index (κ3) is 8.92. The lowest BCUT2D eigenvalue weighted by Crippen LogP contribution is -2.48. The van der Waals surface area contributed by atoms with Gasteiger partial charge in [0.05, 0.1) is 36.9 Å². The molecule has 52 heavy (non-hydrogen) atoms. The van der Waals surface area contributed by atoms with Gasteiger partial charge < -0.3 is 29.0 Å². The zero-order valence-corrected chi connectivity index (χ0v) is 32.1. The summed E-state index contributed by atoms with van der Waals surface area (Å²) in [6, 6.07) is 8.93. The molecule has 4 aromatic rings. The number of nitrogens with one attached hydrogen (secondary N) is 2. The Balaban J connectivity index is 0.986. The summed E-state index contributed by atoms with van der Waals surface area (Å²) in [5.74, 6) is 0.937. The maximum absolute atomic E-state index is 13.3. The molecule has 0 bridgehead atoms.